The highest BCUT2D eigenvalue weighted by Crippen LogP contribution is 2.27. The first-order valence-electron chi connectivity index (χ1n) is 6.25. The van der Waals surface area contributed by atoms with Gasteiger partial charge in [0.2, 0.25) is 0 Å². The second kappa shape index (κ2) is 4.91. The normalized spacial score (nSPS) is 21.4. The van der Waals surface area contributed by atoms with Crippen LogP contribution in [0.4, 0.5) is 0 Å². The SMILES string of the molecule is Cc1ncc(C(C)C)c(C2CCCCN2)n1. The fourth-order valence-corrected chi connectivity index (χ4v) is 2.31. The van der Waals surface area contributed by atoms with Crippen LogP contribution in [0.3, 0.4) is 0 Å². The maximum atomic E-state index is 4.64. The summed E-state index contributed by atoms with van der Waals surface area (Å²) in [4.78, 5) is 8.96. The third-order valence-electron chi connectivity index (χ3n) is 3.23. The smallest absolute Gasteiger partial charge is 0.125 e. The van der Waals surface area contributed by atoms with Crippen molar-refractivity contribution in [1.82, 2.24) is 15.3 Å². The molecule has 3 nitrogen and oxygen atoms in total. The zero-order valence-electron chi connectivity index (χ0n) is 10.5. The van der Waals surface area contributed by atoms with Gasteiger partial charge in [0.25, 0.3) is 0 Å². The minimum absolute atomic E-state index is 0.438. The second-order valence-corrected chi connectivity index (χ2v) is 4.91. The summed E-state index contributed by atoms with van der Waals surface area (Å²) in [6, 6.07) is 0.438. The standard InChI is InChI=1S/C13H21N3/c1-9(2)11-8-15-10(3)16-13(11)12-6-4-5-7-14-12/h8-9,12,14H,4-7H2,1-3H3. The summed E-state index contributed by atoms with van der Waals surface area (Å²) in [6.07, 6.45) is 5.80. The molecular formula is C13H21N3. The molecule has 1 aromatic heterocycles. The average molecular weight is 219 g/mol. The molecule has 1 unspecified atom stereocenters. The lowest BCUT2D eigenvalue weighted by molar-refractivity contribution is 0.400. The molecule has 1 aliphatic heterocycles. The number of aromatic nitrogens is 2. The van der Waals surface area contributed by atoms with Gasteiger partial charge in [-0.15, -0.1) is 0 Å². The topological polar surface area (TPSA) is 37.8 Å². The van der Waals surface area contributed by atoms with Gasteiger partial charge in [0.1, 0.15) is 5.82 Å². The number of hydrogen-bond donors (Lipinski definition) is 1. The van der Waals surface area contributed by atoms with E-state index in [9.17, 15) is 0 Å². The van der Waals surface area contributed by atoms with Crippen molar-refractivity contribution in [2.75, 3.05) is 6.54 Å². The molecule has 1 aliphatic rings. The van der Waals surface area contributed by atoms with Crippen LogP contribution in [0.2, 0.25) is 0 Å². The fourth-order valence-electron chi connectivity index (χ4n) is 2.31. The molecule has 2 rings (SSSR count). The Labute approximate surface area is 97.7 Å². The highest BCUT2D eigenvalue weighted by molar-refractivity contribution is 5.24. The minimum Gasteiger partial charge on any atom is -0.309 e. The van der Waals surface area contributed by atoms with Crippen molar-refractivity contribution in [1.29, 1.82) is 0 Å². The number of hydrogen-bond acceptors (Lipinski definition) is 3. The Hall–Kier alpha value is -0.960. The van der Waals surface area contributed by atoms with Gasteiger partial charge in [0.15, 0.2) is 0 Å². The quantitative estimate of drug-likeness (QED) is 0.831. The lowest BCUT2D eigenvalue weighted by Gasteiger charge is -2.25. The Morgan fingerprint density at radius 1 is 1.38 bits per heavy atom. The first kappa shape index (κ1) is 11.5. The summed E-state index contributed by atoms with van der Waals surface area (Å²) in [5.41, 5.74) is 2.52. The summed E-state index contributed by atoms with van der Waals surface area (Å²) in [5, 5.41) is 3.57. The second-order valence-electron chi connectivity index (χ2n) is 4.91. The Bertz CT molecular complexity index is 354. The predicted octanol–water partition coefficient (Wildman–Crippen LogP) is 2.72. The summed E-state index contributed by atoms with van der Waals surface area (Å²) in [6.45, 7) is 7.50. The molecule has 3 heteroatoms. The number of piperidine rings is 1. The highest BCUT2D eigenvalue weighted by Gasteiger charge is 2.20. The van der Waals surface area contributed by atoms with Crippen LogP contribution in [0.15, 0.2) is 6.20 Å². The molecule has 0 amide bonds. The first-order valence-corrected chi connectivity index (χ1v) is 6.25. The van der Waals surface area contributed by atoms with E-state index in [2.05, 4.69) is 29.1 Å². The molecule has 0 aromatic carbocycles. The molecule has 1 fully saturated rings. The maximum absolute atomic E-state index is 4.64. The van der Waals surface area contributed by atoms with Gasteiger partial charge in [-0.2, -0.15) is 0 Å². The third kappa shape index (κ3) is 2.40. The van der Waals surface area contributed by atoms with Crippen molar-refractivity contribution >= 4 is 0 Å². The van der Waals surface area contributed by atoms with E-state index in [0.29, 0.717) is 12.0 Å². The highest BCUT2D eigenvalue weighted by atomic mass is 15.0. The van der Waals surface area contributed by atoms with Gasteiger partial charge in [-0.3, -0.25) is 0 Å². The van der Waals surface area contributed by atoms with Crippen LogP contribution in [0.25, 0.3) is 0 Å². The van der Waals surface area contributed by atoms with E-state index in [1.54, 1.807) is 0 Å². The molecule has 1 aromatic rings. The molecule has 0 bridgehead atoms. The van der Waals surface area contributed by atoms with Crippen LogP contribution in [0.5, 0.6) is 0 Å². The van der Waals surface area contributed by atoms with E-state index in [0.717, 1.165) is 12.4 Å². The summed E-state index contributed by atoms with van der Waals surface area (Å²) in [7, 11) is 0. The van der Waals surface area contributed by atoms with Crippen LogP contribution in [0, 0.1) is 6.92 Å². The van der Waals surface area contributed by atoms with Crippen molar-refractivity contribution in [2.45, 2.75) is 52.0 Å². The van der Waals surface area contributed by atoms with E-state index in [-0.39, 0.29) is 0 Å². The minimum atomic E-state index is 0.438. The molecule has 0 aliphatic carbocycles. The number of aryl methyl sites for hydroxylation is 1. The maximum Gasteiger partial charge on any atom is 0.125 e. The molecule has 1 saturated heterocycles. The van der Waals surface area contributed by atoms with Crippen LogP contribution in [0.1, 0.15) is 62.2 Å². The van der Waals surface area contributed by atoms with Gasteiger partial charge in [0.05, 0.1) is 5.69 Å². The molecule has 0 radical (unpaired) electrons. The van der Waals surface area contributed by atoms with Crippen molar-refractivity contribution < 1.29 is 0 Å². The van der Waals surface area contributed by atoms with E-state index < -0.39 is 0 Å². The fraction of sp³-hybridized carbons (Fsp3) is 0.692. The average Bonchev–Trinajstić information content (AvgIpc) is 2.29. The van der Waals surface area contributed by atoms with Gasteiger partial charge in [0, 0.05) is 12.2 Å². The molecule has 88 valence electrons. The molecule has 0 saturated carbocycles. The zero-order valence-corrected chi connectivity index (χ0v) is 10.5. The van der Waals surface area contributed by atoms with Gasteiger partial charge >= 0.3 is 0 Å². The van der Waals surface area contributed by atoms with Gasteiger partial charge in [-0.25, -0.2) is 9.97 Å². The third-order valence-corrected chi connectivity index (χ3v) is 3.23. The van der Waals surface area contributed by atoms with Gasteiger partial charge in [-0.05, 0) is 37.8 Å². The Kier molecular flexibility index (Phi) is 3.54. The molecule has 16 heavy (non-hydrogen) atoms. The van der Waals surface area contributed by atoms with Crippen LogP contribution < -0.4 is 5.32 Å². The molecule has 1 N–H and O–H groups in total. The lowest BCUT2D eigenvalue weighted by atomic mass is 9.94. The van der Waals surface area contributed by atoms with E-state index in [1.807, 2.05) is 13.1 Å². The van der Waals surface area contributed by atoms with Gasteiger partial charge < -0.3 is 5.32 Å². The van der Waals surface area contributed by atoms with Crippen LogP contribution >= 0.6 is 0 Å². The van der Waals surface area contributed by atoms with Crippen molar-refractivity contribution in [3.63, 3.8) is 0 Å². The summed E-state index contributed by atoms with van der Waals surface area (Å²) in [5.74, 6) is 1.38. The van der Waals surface area contributed by atoms with E-state index >= 15 is 0 Å². The van der Waals surface area contributed by atoms with Crippen molar-refractivity contribution in [2.24, 2.45) is 0 Å². The Balaban J connectivity index is 2.32. The lowest BCUT2D eigenvalue weighted by Crippen LogP contribution is -2.29. The monoisotopic (exact) mass is 219 g/mol. The van der Waals surface area contributed by atoms with E-state index in [4.69, 9.17) is 0 Å². The Morgan fingerprint density at radius 3 is 2.81 bits per heavy atom. The van der Waals surface area contributed by atoms with Crippen LogP contribution in [-0.4, -0.2) is 16.5 Å². The number of rotatable bonds is 2. The Morgan fingerprint density at radius 2 is 2.19 bits per heavy atom. The zero-order chi connectivity index (χ0) is 11.5. The molecule has 0 spiro atoms. The van der Waals surface area contributed by atoms with Crippen LogP contribution in [-0.2, 0) is 0 Å². The summed E-state index contributed by atoms with van der Waals surface area (Å²) < 4.78 is 0. The first-order chi connectivity index (χ1) is 7.68. The molecular weight excluding hydrogens is 198 g/mol. The van der Waals surface area contributed by atoms with Crippen molar-refractivity contribution in [3.8, 4) is 0 Å². The molecule has 2 heterocycles. The van der Waals surface area contributed by atoms with Gasteiger partial charge in [-0.1, -0.05) is 20.3 Å². The number of nitrogens with one attached hydrogen (secondary N) is 1. The predicted molar refractivity (Wildman–Crippen MR) is 65.5 cm³/mol. The summed E-state index contributed by atoms with van der Waals surface area (Å²) >= 11 is 0. The van der Waals surface area contributed by atoms with E-state index in [1.165, 1.54) is 30.5 Å². The largest absolute Gasteiger partial charge is 0.309 e. The number of nitrogens with zero attached hydrogens (tertiary/aromatic N) is 2. The van der Waals surface area contributed by atoms with Crippen molar-refractivity contribution in [3.05, 3.63) is 23.3 Å². The molecule has 1 atom stereocenters.